The third-order valence-corrected chi connectivity index (χ3v) is 5.12. The van der Waals surface area contributed by atoms with E-state index < -0.39 is 5.69 Å². The molecule has 0 aliphatic carbocycles. The quantitative estimate of drug-likeness (QED) is 0.500. The lowest BCUT2D eigenvalue weighted by atomic mass is 10.1. The molecular formula is C21H36N6O2. The fourth-order valence-electron chi connectivity index (χ4n) is 3.36. The van der Waals surface area contributed by atoms with Gasteiger partial charge in [-0.25, -0.2) is 4.79 Å². The molecule has 0 atom stereocenters. The van der Waals surface area contributed by atoms with Gasteiger partial charge in [0.25, 0.3) is 5.56 Å². The molecule has 2 aromatic rings. The fourth-order valence-corrected chi connectivity index (χ4v) is 3.36. The van der Waals surface area contributed by atoms with Crippen LogP contribution in [0.3, 0.4) is 0 Å². The van der Waals surface area contributed by atoms with Crippen LogP contribution < -0.4 is 21.9 Å². The first-order valence-corrected chi connectivity index (χ1v) is 10.8. The number of nitrogens with one attached hydrogen (secondary N) is 1. The standard InChI is InChI=1S/C21H36N6O2/c1-4-5-15-27-19(22)18(20(28)24-21(27)29)25(16-10-17(2)3)12-7-6-8-13-26-14-9-11-23-26/h9,11,14,17H,4-8,10,12-13,15-16,22H2,1-3H3,(H,24,28,29). The average molecular weight is 405 g/mol. The normalized spacial score (nSPS) is 11.3. The second-order valence-electron chi connectivity index (χ2n) is 8.00. The number of unbranched alkanes of at least 4 members (excludes halogenated alkanes) is 3. The molecule has 2 aromatic heterocycles. The maximum atomic E-state index is 12.6. The highest BCUT2D eigenvalue weighted by Crippen LogP contribution is 2.19. The molecule has 0 bridgehead atoms. The van der Waals surface area contributed by atoms with Crippen molar-refractivity contribution in [1.29, 1.82) is 0 Å². The molecule has 2 heterocycles. The van der Waals surface area contributed by atoms with Crippen molar-refractivity contribution in [1.82, 2.24) is 19.3 Å². The van der Waals surface area contributed by atoms with Crippen LogP contribution in [0.25, 0.3) is 0 Å². The van der Waals surface area contributed by atoms with E-state index in [0.29, 0.717) is 18.2 Å². The Morgan fingerprint density at radius 3 is 2.59 bits per heavy atom. The van der Waals surface area contributed by atoms with E-state index in [4.69, 9.17) is 5.73 Å². The Hall–Kier alpha value is -2.51. The zero-order chi connectivity index (χ0) is 21.2. The van der Waals surface area contributed by atoms with Crippen LogP contribution in [0.1, 0.15) is 59.3 Å². The molecule has 8 nitrogen and oxygen atoms in total. The molecule has 162 valence electrons. The van der Waals surface area contributed by atoms with E-state index >= 15 is 0 Å². The minimum atomic E-state index is -0.423. The van der Waals surface area contributed by atoms with E-state index in [0.717, 1.165) is 58.2 Å². The first kappa shape index (κ1) is 22.8. The Morgan fingerprint density at radius 2 is 1.93 bits per heavy atom. The summed E-state index contributed by atoms with van der Waals surface area (Å²) in [6.45, 7) is 9.29. The maximum Gasteiger partial charge on any atom is 0.330 e. The van der Waals surface area contributed by atoms with Gasteiger partial charge in [-0.05, 0) is 44.1 Å². The highest BCUT2D eigenvalue weighted by molar-refractivity contribution is 5.62. The summed E-state index contributed by atoms with van der Waals surface area (Å²) < 4.78 is 3.43. The first-order chi connectivity index (χ1) is 13.9. The molecule has 0 spiro atoms. The largest absolute Gasteiger partial charge is 0.383 e. The molecule has 0 saturated carbocycles. The molecule has 0 aromatic carbocycles. The molecule has 0 aliphatic rings. The lowest BCUT2D eigenvalue weighted by Gasteiger charge is -2.27. The van der Waals surface area contributed by atoms with E-state index in [1.165, 1.54) is 4.57 Å². The maximum absolute atomic E-state index is 12.6. The third-order valence-electron chi connectivity index (χ3n) is 5.12. The van der Waals surface area contributed by atoms with E-state index in [-0.39, 0.29) is 11.4 Å². The molecule has 2 rings (SSSR count). The van der Waals surface area contributed by atoms with Gasteiger partial charge < -0.3 is 10.6 Å². The van der Waals surface area contributed by atoms with Crippen molar-refractivity contribution in [3.05, 3.63) is 39.3 Å². The highest BCUT2D eigenvalue weighted by atomic mass is 16.2. The zero-order valence-electron chi connectivity index (χ0n) is 18.1. The number of nitrogens with two attached hydrogens (primary N) is 1. The minimum Gasteiger partial charge on any atom is -0.383 e. The minimum absolute atomic E-state index is 0.285. The number of anilines is 2. The monoisotopic (exact) mass is 404 g/mol. The number of rotatable bonds is 13. The van der Waals surface area contributed by atoms with Gasteiger partial charge in [0, 0.05) is 38.6 Å². The van der Waals surface area contributed by atoms with Crippen molar-refractivity contribution < 1.29 is 0 Å². The lowest BCUT2D eigenvalue weighted by Crippen LogP contribution is -2.39. The third kappa shape index (κ3) is 6.80. The van der Waals surface area contributed by atoms with Crippen molar-refractivity contribution in [2.45, 2.75) is 72.4 Å². The Balaban J connectivity index is 2.11. The molecule has 3 N–H and O–H groups in total. The molecule has 0 aliphatic heterocycles. The summed E-state index contributed by atoms with van der Waals surface area (Å²) in [6.07, 6.45) is 9.52. The summed E-state index contributed by atoms with van der Waals surface area (Å²) in [4.78, 5) is 29.4. The highest BCUT2D eigenvalue weighted by Gasteiger charge is 2.18. The van der Waals surface area contributed by atoms with Crippen LogP contribution >= 0.6 is 0 Å². The van der Waals surface area contributed by atoms with Crippen LogP contribution in [0.4, 0.5) is 11.5 Å². The second-order valence-corrected chi connectivity index (χ2v) is 8.00. The van der Waals surface area contributed by atoms with Gasteiger partial charge in [0.2, 0.25) is 0 Å². The Kier molecular flexibility index (Phi) is 9.02. The SMILES string of the molecule is CCCCn1c(N)c(N(CCCCCn2cccn2)CCC(C)C)c(=O)[nH]c1=O. The van der Waals surface area contributed by atoms with Gasteiger partial charge in [-0.15, -0.1) is 0 Å². The number of nitrogen functional groups attached to an aromatic ring is 1. The van der Waals surface area contributed by atoms with Crippen LogP contribution in [-0.2, 0) is 13.1 Å². The summed E-state index contributed by atoms with van der Waals surface area (Å²) >= 11 is 0. The van der Waals surface area contributed by atoms with Crippen LogP contribution in [0.5, 0.6) is 0 Å². The van der Waals surface area contributed by atoms with Crippen LogP contribution in [0.2, 0.25) is 0 Å². The zero-order valence-corrected chi connectivity index (χ0v) is 18.1. The van der Waals surface area contributed by atoms with E-state index in [9.17, 15) is 9.59 Å². The number of aryl methyl sites for hydroxylation is 1. The summed E-state index contributed by atoms with van der Waals surface area (Å²) in [6, 6.07) is 1.93. The number of hydrogen-bond donors (Lipinski definition) is 2. The van der Waals surface area contributed by atoms with Crippen LogP contribution in [-0.4, -0.2) is 32.4 Å². The van der Waals surface area contributed by atoms with E-state index in [1.807, 2.05) is 16.9 Å². The van der Waals surface area contributed by atoms with E-state index in [1.54, 1.807) is 6.20 Å². The Labute approximate surface area is 172 Å². The van der Waals surface area contributed by atoms with E-state index in [2.05, 4.69) is 35.8 Å². The van der Waals surface area contributed by atoms with Crippen molar-refractivity contribution in [2.75, 3.05) is 23.7 Å². The fraction of sp³-hybridized carbons (Fsp3) is 0.667. The number of nitrogens with zero attached hydrogens (tertiary/aromatic N) is 4. The van der Waals surface area contributed by atoms with Gasteiger partial charge in [-0.1, -0.05) is 27.2 Å². The average Bonchev–Trinajstić information content (AvgIpc) is 3.18. The van der Waals surface area contributed by atoms with Gasteiger partial charge in [-0.2, -0.15) is 5.10 Å². The molecule has 0 radical (unpaired) electrons. The molecule has 29 heavy (non-hydrogen) atoms. The second kappa shape index (κ2) is 11.5. The first-order valence-electron chi connectivity index (χ1n) is 10.8. The number of aromatic nitrogens is 4. The van der Waals surface area contributed by atoms with Gasteiger partial charge in [0.1, 0.15) is 11.5 Å². The molecule has 0 fully saturated rings. The molecule has 0 unspecified atom stereocenters. The van der Waals surface area contributed by atoms with Crippen molar-refractivity contribution in [3.63, 3.8) is 0 Å². The van der Waals surface area contributed by atoms with Crippen LogP contribution in [0, 0.1) is 5.92 Å². The molecule has 8 heteroatoms. The van der Waals surface area contributed by atoms with Gasteiger partial charge in [-0.3, -0.25) is 19.0 Å². The predicted molar refractivity (Wildman–Crippen MR) is 118 cm³/mol. The molecule has 0 amide bonds. The van der Waals surface area contributed by atoms with Crippen molar-refractivity contribution >= 4 is 11.5 Å². The summed E-state index contributed by atoms with van der Waals surface area (Å²) in [5, 5.41) is 4.22. The molecule has 0 saturated heterocycles. The summed E-state index contributed by atoms with van der Waals surface area (Å²) in [5.41, 5.74) is 5.94. The van der Waals surface area contributed by atoms with Crippen LogP contribution in [0.15, 0.2) is 28.0 Å². The lowest BCUT2D eigenvalue weighted by molar-refractivity contribution is 0.527. The number of aromatic amines is 1. The summed E-state index contributed by atoms with van der Waals surface area (Å²) in [7, 11) is 0. The topological polar surface area (TPSA) is 102 Å². The Bertz CT molecular complexity index is 838. The number of hydrogen-bond acceptors (Lipinski definition) is 5. The van der Waals surface area contributed by atoms with Crippen molar-refractivity contribution in [2.24, 2.45) is 5.92 Å². The summed E-state index contributed by atoms with van der Waals surface area (Å²) in [5.74, 6) is 0.802. The van der Waals surface area contributed by atoms with Gasteiger partial charge >= 0.3 is 5.69 Å². The van der Waals surface area contributed by atoms with Crippen molar-refractivity contribution in [3.8, 4) is 0 Å². The Morgan fingerprint density at radius 1 is 1.14 bits per heavy atom. The van der Waals surface area contributed by atoms with Gasteiger partial charge in [0.05, 0.1) is 0 Å². The molecular weight excluding hydrogens is 368 g/mol. The smallest absolute Gasteiger partial charge is 0.330 e. The number of H-pyrrole nitrogens is 1. The van der Waals surface area contributed by atoms with Gasteiger partial charge in [0.15, 0.2) is 0 Å². The predicted octanol–water partition coefficient (Wildman–Crippen LogP) is 2.84.